The van der Waals surface area contributed by atoms with Gasteiger partial charge in [-0.3, -0.25) is 4.79 Å². The van der Waals surface area contributed by atoms with E-state index in [4.69, 9.17) is 0 Å². The Bertz CT molecular complexity index is 454. The molecule has 0 radical (unpaired) electrons. The second-order valence-electron chi connectivity index (χ2n) is 5.50. The number of aliphatic hydroxyl groups is 1. The fraction of sp³-hybridized carbons (Fsp3) is 0.533. The summed E-state index contributed by atoms with van der Waals surface area (Å²) in [6.45, 7) is 4.31. The topological polar surface area (TPSA) is 40.5 Å². The van der Waals surface area contributed by atoms with Crippen molar-refractivity contribution < 1.29 is 9.90 Å². The predicted octanol–water partition coefficient (Wildman–Crippen LogP) is 2.68. The molecule has 0 saturated heterocycles. The molecule has 1 atom stereocenters. The first-order valence-electron chi connectivity index (χ1n) is 6.56. The Morgan fingerprint density at radius 1 is 1.33 bits per heavy atom. The standard InChI is InChI=1S/C15H21NO2/c1-10(2)4-7-14(17)11-5-6-13-12(8-11)9-15(18)16(13)3/h5-6,8,10,14,17H,4,7,9H2,1-3H3. The third-order valence-corrected chi connectivity index (χ3v) is 3.58. The smallest absolute Gasteiger partial charge is 0.231 e. The van der Waals surface area contributed by atoms with Crippen LogP contribution in [0.15, 0.2) is 18.2 Å². The van der Waals surface area contributed by atoms with E-state index in [0.717, 1.165) is 29.7 Å². The van der Waals surface area contributed by atoms with Gasteiger partial charge < -0.3 is 10.0 Å². The number of nitrogens with zero attached hydrogens (tertiary/aromatic N) is 1. The number of hydrogen-bond acceptors (Lipinski definition) is 2. The van der Waals surface area contributed by atoms with Crippen LogP contribution in [0.25, 0.3) is 0 Å². The molecule has 1 aliphatic heterocycles. The number of amides is 1. The molecule has 0 bridgehead atoms. The van der Waals surface area contributed by atoms with Crippen molar-refractivity contribution in [1.82, 2.24) is 0 Å². The lowest BCUT2D eigenvalue weighted by Gasteiger charge is -2.15. The first-order chi connectivity index (χ1) is 8.49. The number of carbonyl (C=O) groups is 1. The van der Waals surface area contributed by atoms with E-state index in [0.29, 0.717) is 12.3 Å². The average molecular weight is 247 g/mol. The minimum Gasteiger partial charge on any atom is -0.388 e. The molecule has 1 aliphatic rings. The molecule has 1 heterocycles. The van der Waals surface area contributed by atoms with Gasteiger partial charge in [0.25, 0.3) is 0 Å². The fourth-order valence-corrected chi connectivity index (χ4v) is 2.36. The van der Waals surface area contributed by atoms with E-state index in [9.17, 15) is 9.90 Å². The highest BCUT2D eigenvalue weighted by atomic mass is 16.3. The third-order valence-electron chi connectivity index (χ3n) is 3.58. The van der Waals surface area contributed by atoms with Crippen LogP contribution in [0.2, 0.25) is 0 Å². The predicted molar refractivity (Wildman–Crippen MR) is 72.6 cm³/mol. The zero-order valence-corrected chi connectivity index (χ0v) is 11.3. The Hall–Kier alpha value is -1.35. The Labute approximate surface area is 108 Å². The molecule has 98 valence electrons. The van der Waals surface area contributed by atoms with Crippen LogP contribution in [0.4, 0.5) is 5.69 Å². The zero-order valence-electron chi connectivity index (χ0n) is 11.3. The molecule has 1 amide bonds. The number of anilines is 1. The monoisotopic (exact) mass is 247 g/mol. The summed E-state index contributed by atoms with van der Waals surface area (Å²) in [5, 5.41) is 10.1. The molecule has 0 saturated carbocycles. The van der Waals surface area contributed by atoms with Crippen molar-refractivity contribution in [3.8, 4) is 0 Å². The molecule has 1 aromatic rings. The Morgan fingerprint density at radius 3 is 2.72 bits per heavy atom. The summed E-state index contributed by atoms with van der Waals surface area (Å²) < 4.78 is 0. The molecule has 0 fully saturated rings. The van der Waals surface area contributed by atoms with Crippen molar-refractivity contribution in [3.05, 3.63) is 29.3 Å². The van der Waals surface area contributed by atoms with Crippen molar-refractivity contribution in [1.29, 1.82) is 0 Å². The lowest BCUT2D eigenvalue weighted by molar-refractivity contribution is -0.117. The third kappa shape index (κ3) is 2.56. The first kappa shape index (κ1) is 13.1. The number of fused-ring (bicyclic) bond motifs is 1. The molecule has 0 spiro atoms. The second kappa shape index (κ2) is 5.11. The normalized spacial score (nSPS) is 16.3. The summed E-state index contributed by atoms with van der Waals surface area (Å²) in [7, 11) is 1.79. The summed E-state index contributed by atoms with van der Waals surface area (Å²) in [6, 6.07) is 5.84. The Morgan fingerprint density at radius 2 is 2.06 bits per heavy atom. The van der Waals surface area contributed by atoms with Crippen LogP contribution in [-0.2, 0) is 11.2 Å². The van der Waals surface area contributed by atoms with Crippen molar-refractivity contribution >= 4 is 11.6 Å². The lowest BCUT2D eigenvalue weighted by atomic mass is 9.98. The van der Waals surface area contributed by atoms with Crippen LogP contribution >= 0.6 is 0 Å². The maximum absolute atomic E-state index is 11.6. The Balaban J connectivity index is 2.13. The molecule has 3 heteroatoms. The van der Waals surface area contributed by atoms with Gasteiger partial charge in [0.15, 0.2) is 0 Å². The van der Waals surface area contributed by atoms with Gasteiger partial charge in [0.1, 0.15) is 0 Å². The van der Waals surface area contributed by atoms with Gasteiger partial charge in [-0.2, -0.15) is 0 Å². The first-order valence-corrected chi connectivity index (χ1v) is 6.56. The van der Waals surface area contributed by atoms with Crippen LogP contribution < -0.4 is 4.90 Å². The van der Waals surface area contributed by atoms with Gasteiger partial charge in [0.05, 0.1) is 12.5 Å². The van der Waals surface area contributed by atoms with Crippen molar-refractivity contribution in [2.45, 2.75) is 39.2 Å². The van der Waals surface area contributed by atoms with Crippen molar-refractivity contribution in [2.24, 2.45) is 5.92 Å². The van der Waals surface area contributed by atoms with Crippen LogP contribution in [0, 0.1) is 5.92 Å². The van der Waals surface area contributed by atoms with Gasteiger partial charge in [-0.1, -0.05) is 26.0 Å². The minimum atomic E-state index is -0.418. The number of rotatable bonds is 4. The van der Waals surface area contributed by atoms with E-state index >= 15 is 0 Å². The highest BCUT2D eigenvalue weighted by Gasteiger charge is 2.24. The van der Waals surface area contributed by atoms with Crippen molar-refractivity contribution in [3.63, 3.8) is 0 Å². The van der Waals surface area contributed by atoms with Gasteiger partial charge >= 0.3 is 0 Å². The zero-order chi connectivity index (χ0) is 13.3. The largest absolute Gasteiger partial charge is 0.388 e. The molecule has 3 nitrogen and oxygen atoms in total. The molecular formula is C15H21NO2. The Kier molecular flexibility index (Phi) is 3.71. The van der Waals surface area contributed by atoms with E-state index in [-0.39, 0.29) is 5.91 Å². The number of likely N-dealkylation sites (N-methyl/N-ethyl adjacent to an activating group) is 1. The number of benzene rings is 1. The highest BCUT2D eigenvalue weighted by Crippen LogP contribution is 2.31. The van der Waals surface area contributed by atoms with Gasteiger partial charge in [-0.05, 0) is 36.0 Å². The summed E-state index contributed by atoms with van der Waals surface area (Å²) >= 11 is 0. The minimum absolute atomic E-state index is 0.124. The lowest BCUT2D eigenvalue weighted by Crippen LogP contribution is -2.20. The number of aliphatic hydroxyl groups excluding tert-OH is 1. The van der Waals surface area contributed by atoms with Gasteiger partial charge in [-0.15, -0.1) is 0 Å². The van der Waals surface area contributed by atoms with Gasteiger partial charge in [-0.25, -0.2) is 0 Å². The van der Waals surface area contributed by atoms with E-state index in [1.54, 1.807) is 11.9 Å². The molecule has 1 N–H and O–H groups in total. The van der Waals surface area contributed by atoms with Crippen LogP contribution in [0.5, 0.6) is 0 Å². The average Bonchev–Trinajstić information content (AvgIpc) is 2.61. The molecule has 2 rings (SSSR count). The summed E-state index contributed by atoms with van der Waals surface area (Å²) in [4.78, 5) is 13.3. The number of hydrogen-bond donors (Lipinski definition) is 1. The molecule has 1 unspecified atom stereocenters. The fourth-order valence-electron chi connectivity index (χ4n) is 2.36. The van der Waals surface area contributed by atoms with Crippen molar-refractivity contribution in [2.75, 3.05) is 11.9 Å². The molecule has 1 aromatic carbocycles. The highest BCUT2D eigenvalue weighted by molar-refractivity contribution is 6.00. The summed E-state index contributed by atoms with van der Waals surface area (Å²) in [5.41, 5.74) is 2.93. The molecule has 0 aliphatic carbocycles. The second-order valence-corrected chi connectivity index (χ2v) is 5.50. The van der Waals surface area contributed by atoms with E-state index in [2.05, 4.69) is 13.8 Å². The summed E-state index contributed by atoms with van der Waals surface area (Å²) in [5.74, 6) is 0.723. The number of carbonyl (C=O) groups excluding carboxylic acids is 1. The van der Waals surface area contributed by atoms with E-state index in [1.165, 1.54) is 0 Å². The quantitative estimate of drug-likeness (QED) is 0.888. The molecular weight excluding hydrogens is 226 g/mol. The van der Waals surface area contributed by atoms with Crippen LogP contribution in [-0.4, -0.2) is 18.1 Å². The molecule has 0 aromatic heterocycles. The van der Waals surface area contributed by atoms with Gasteiger partial charge in [0.2, 0.25) is 5.91 Å². The SMILES string of the molecule is CC(C)CCC(O)c1ccc2c(c1)CC(=O)N2C. The van der Waals surface area contributed by atoms with Crippen LogP contribution in [0.1, 0.15) is 43.9 Å². The summed E-state index contributed by atoms with van der Waals surface area (Å²) in [6.07, 6.45) is 1.83. The van der Waals surface area contributed by atoms with Gasteiger partial charge in [0, 0.05) is 12.7 Å². The maximum Gasteiger partial charge on any atom is 0.231 e. The molecule has 18 heavy (non-hydrogen) atoms. The maximum atomic E-state index is 11.6. The van der Waals surface area contributed by atoms with E-state index in [1.807, 2.05) is 18.2 Å². The van der Waals surface area contributed by atoms with Crippen LogP contribution in [0.3, 0.4) is 0 Å². The van der Waals surface area contributed by atoms with E-state index < -0.39 is 6.10 Å².